The number of H-pyrrole nitrogens is 2. The normalized spacial score (nSPS) is 16.9. The summed E-state index contributed by atoms with van der Waals surface area (Å²) in [5.74, 6) is 1.18. The number of fused-ring (bicyclic) bond motifs is 4. The monoisotopic (exact) mass is 486 g/mol. The van der Waals surface area contributed by atoms with Gasteiger partial charge in [0.15, 0.2) is 0 Å². The Balaban J connectivity index is 1.15. The molecule has 188 valence electrons. The fourth-order valence-corrected chi connectivity index (χ4v) is 5.61. The first-order valence-electron chi connectivity index (χ1n) is 13.1. The van der Waals surface area contributed by atoms with E-state index >= 15 is 0 Å². The van der Waals surface area contributed by atoms with Crippen LogP contribution in [-0.2, 0) is 17.6 Å². The molecule has 1 amide bonds. The Morgan fingerprint density at radius 3 is 2.78 bits per heavy atom. The number of amides is 1. The first-order chi connectivity index (χ1) is 17.3. The summed E-state index contributed by atoms with van der Waals surface area (Å²) in [4.78, 5) is 30.8. The molecule has 8 nitrogen and oxygen atoms in total. The zero-order valence-corrected chi connectivity index (χ0v) is 21.3. The number of anilines is 2. The lowest BCUT2D eigenvalue weighted by atomic mass is 9.90. The predicted octanol–water partition coefficient (Wildman–Crippen LogP) is 6.18. The molecule has 6 rings (SSSR count). The molecule has 1 fully saturated rings. The van der Waals surface area contributed by atoms with E-state index in [0.29, 0.717) is 19.0 Å². The largest absolute Gasteiger partial charge is 0.444 e. The van der Waals surface area contributed by atoms with Crippen LogP contribution in [0.5, 0.6) is 0 Å². The molecule has 0 bridgehead atoms. The molecule has 0 saturated carbocycles. The smallest absolute Gasteiger partial charge is 0.410 e. The van der Waals surface area contributed by atoms with Crippen molar-refractivity contribution < 1.29 is 9.53 Å². The van der Waals surface area contributed by atoms with Crippen molar-refractivity contribution in [3.05, 3.63) is 47.4 Å². The summed E-state index contributed by atoms with van der Waals surface area (Å²) in [6, 6.07) is 6.31. The number of aryl methyl sites for hydroxylation is 2. The number of aromatic nitrogens is 4. The van der Waals surface area contributed by atoms with Crippen LogP contribution >= 0.6 is 0 Å². The van der Waals surface area contributed by atoms with Crippen molar-refractivity contribution in [1.29, 1.82) is 0 Å². The Morgan fingerprint density at radius 1 is 1.17 bits per heavy atom. The van der Waals surface area contributed by atoms with Crippen LogP contribution in [0.4, 0.5) is 16.3 Å². The third-order valence-corrected chi connectivity index (χ3v) is 7.36. The molecular formula is C28H34N6O2. The summed E-state index contributed by atoms with van der Waals surface area (Å²) in [6.07, 6.45) is 10.3. The molecule has 3 N–H and O–H groups in total. The molecule has 36 heavy (non-hydrogen) atoms. The van der Waals surface area contributed by atoms with Crippen molar-refractivity contribution in [3.63, 3.8) is 0 Å². The van der Waals surface area contributed by atoms with Gasteiger partial charge in [-0.05, 0) is 94.5 Å². The molecule has 4 aromatic heterocycles. The van der Waals surface area contributed by atoms with Gasteiger partial charge in [-0.1, -0.05) is 0 Å². The van der Waals surface area contributed by atoms with Gasteiger partial charge in [-0.25, -0.2) is 9.78 Å². The van der Waals surface area contributed by atoms with E-state index in [1.807, 2.05) is 37.9 Å². The van der Waals surface area contributed by atoms with Crippen LogP contribution in [0.2, 0.25) is 0 Å². The van der Waals surface area contributed by atoms with Gasteiger partial charge in [-0.2, -0.15) is 0 Å². The quantitative estimate of drug-likeness (QED) is 0.321. The molecule has 0 unspecified atom stereocenters. The maximum absolute atomic E-state index is 12.4. The molecule has 0 spiro atoms. The lowest BCUT2D eigenvalue weighted by Gasteiger charge is -2.33. The average molecular weight is 487 g/mol. The Kier molecular flexibility index (Phi) is 5.62. The first kappa shape index (κ1) is 22.9. The minimum absolute atomic E-state index is 0.222. The second kappa shape index (κ2) is 8.84. The summed E-state index contributed by atoms with van der Waals surface area (Å²) in [7, 11) is 0. The van der Waals surface area contributed by atoms with Gasteiger partial charge in [0.2, 0.25) is 0 Å². The van der Waals surface area contributed by atoms with Gasteiger partial charge >= 0.3 is 6.09 Å². The molecule has 1 aliphatic heterocycles. The molecule has 5 heterocycles. The summed E-state index contributed by atoms with van der Waals surface area (Å²) in [5, 5.41) is 4.67. The van der Waals surface area contributed by atoms with Crippen LogP contribution in [0, 0.1) is 0 Å². The minimum atomic E-state index is -0.470. The minimum Gasteiger partial charge on any atom is -0.444 e. The predicted molar refractivity (Wildman–Crippen MR) is 142 cm³/mol. The van der Waals surface area contributed by atoms with Gasteiger partial charge in [-0.15, -0.1) is 0 Å². The van der Waals surface area contributed by atoms with Crippen LogP contribution in [0.25, 0.3) is 22.1 Å². The van der Waals surface area contributed by atoms with Crippen LogP contribution in [-0.4, -0.2) is 49.6 Å². The molecule has 0 aromatic carbocycles. The number of aromatic amines is 2. The van der Waals surface area contributed by atoms with Crippen molar-refractivity contribution >= 4 is 39.7 Å². The number of likely N-dealkylation sites (tertiary alicyclic amines) is 1. The summed E-state index contributed by atoms with van der Waals surface area (Å²) < 4.78 is 5.53. The molecular weight excluding hydrogens is 452 g/mol. The molecule has 0 atom stereocenters. The van der Waals surface area contributed by atoms with Gasteiger partial charge in [0.1, 0.15) is 17.1 Å². The van der Waals surface area contributed by atoms with Crippen molar-refractivity contribution in [3.8, 4) is 0 Å². The molecule has 1 saturated heterocycles. The highest BCUT2D eigenvalue weighted by Gasteiger charge is 2.29. The first-order valence-corrected chi connectivity index (χ1v) is 13.1. The number of carbonyl (C=O) groups is 1. The van der Waals surface area contributed by atoms with Crippen LogP contribution in [0.1, 0.15) is 69.2 Å². The highest BCUT2D eigenvalue weighted by molar-refractivity contribution is 5.85. The highest BCUT2D eigenvalue weighted by atomic mass is 16.6. The Labute approximate surface area is 210 Å². The fraction of sp³-hybridized carbons (Fsp3) is 0.464. The number of ether oxygens (including phenoxy) is 1. The second-order valence-electron chi connectivity index (χ2n) is 11.1. The van der Waals surface area contributed by atoms with Gasteiger partial charge in [0.25, 0.3) is 0 Å². The fourth-order valence-electron chi connectivity index (χ4n) is 5.61. The van der Waals surface area contributed by atoms with Crippen molar-refractivity contribution in [2.75, 3.05) is 18.4 Å². The maximum atomic E-state index is 12.4. The second-order valence-corrected chi connectivity index (χ2v) is 11.1. The van der Waals surface area contributed by atoms with Gasteiger partial charge in [0, 0.05) is 30.4 Å². The average Bonchev–Trinajstić information content (AvgIpc) is 3.44. The standard InChI is InChI=1S/C28H34N6O2/c1-28(2,3)36-27(35)34-12-10-17(11-13-34)21-16-29-23-14-18(15-30-25(21)23)31-24-9-8-20-19-6-4-5-7-22(19)32-26(20)33-24/h8-9,14-17,29H,4-7,10-13H2,1-3H3,(H2,31,32,33). The van der Waals surface area contributed by atoms with E-state index in [1.165, 1.54) is 35.0 Å². The van der Waals surface area contributed by atoms with Crippen molar-refractivity contribution in [2.45, 2.75) is 70.8 Å². The summed E-state index contributed by atoms with van der Waals surface area (Å²) in [5.41, 5.74) is 7.39. The van der Waals surface area contributed by atoms with E-state index in [1.54, 1.807) is 0 Å². The lowest BCUT2D eigenvalue weighted by Crippen LogP contribution is -2.41. The zero-order valence-electron chi connectivity index (χ0n) is 21.3. The molecule has 2 aliphatic rings. The number of piperidine rings is 1. The Hall–Kier alpha value is -3.55. The van der Waals surface area contributed by atoms with Crippen LogP contribution < -0.4 is 5.32 Å². The lowest BCUT2D eigenvalue weighted by molar-refractivity contribution is 0.0205. The number of hydrogen-bond donors (Lipinski definition) is 3. The number of rotatable bonds is 3. The summed E-state index contributed by atoms with van der Waals surface area (Å²) in [6.45, 7) is 7.10. The van der Waals surface area contributed by atoms with Crippen molar-refractivity contribution in [1.82, 2.24) is 24.8 Å². The number of nitrogens with one attached hydrogen (secondary N) is 3. The van der Waals surface area contributed by atoms with E-state index in [4.69, 9.17) is 14.7 Å². The van der Waals surface area contributed by atoms with Gasteiger partial charge in [-0.3, -0.25) is 4.98 Å². The Bertz CT molecular complexity index is 1420. The zero-order chi connectivity index (χ0) is 24.9. The summed E-state index contributed by atoms with van der Waals surface area (Å²) >= 11 is 0. The van der Waals surface area contributed by atoms with Gasteiger partial charge in [0.05, 0.1) is 22.9 Å². The van der Waals surface area contributed by atoms with E-state index < -0.39 is 5.60 Å². The topological polar surface area (TPSA) is 98.9 Å². The SMILES string of the molecule is CC(C)(C)OC(=O)N1CCC(c2c[nH]c3cc(Nc4ccc5c6c([nH]c5n4)CCCC6)cnc23)CC1. The molecule has 4 aromatic rings. The van der Waals surface area contributed by atoms with Crippen molar-refractivity contribution in [2.24, 2.45) is 0 Å². The molecule has 1 aliphatic carbocycles. The van der Waals surface area contributed by atoms with Gasteiger partial charge < -0.3 is 24.9 Å². The van der Waals surface area contributed by atoms with Crippen LogP contribution in [0.15, 0.2) is 30.6 Å². The number of carbonyl (C=O) groups excluding carboxylic acids is 1. The molecule has 0 radical (unpaired) electrons. The van der Waals surface area contributed by atoms with Crippen LogP contribution in [0.3, 0.4) is 0 Å². The highest BCUT2D eigenvalue weighted by Crippen LogP contribution is 2.34. The van der Waals surface area contributed by atoms with E-state index in [9.17, 15) is 4.79 Å². The maximum Gasteiger partial charge on any atom is 0.410 e. The Morgan fingerprint density at radius 2 is 1.97 bits per heavy atom. The van der Waals surface area contributed by atoms with E-state index in [0.717, 1.165) is 53.9 Å². The van der Waals surface area contributed by atoms with E-state index in [-0.39, 0.29) is 6.09 Å². The number of pyridine rings is 2. The third-order valence-electron chi connectivity index (χ3n) is 7.36. The number of hydrogen-bond acceptors (Lipinski definition) is 5. The number of nitrogens with zero attached hydrogens (tertiary/aromatic N) is 3. The van der Waals surface area contributed by atoms with E-state index in [2.05, 4.69) is 33.6 Å². The third kappa shape index (κ3) is 4.40. The molecule has 8 heteroatoms.